The van der Waals surface area contributed by atoms with Crippen molar-refractivity contribution < 1.29 is 9.53 Å². The average molecular weight is 336 g/mol. The van der Waals surface area contributed by atoms with Crippen molar-refractivity contribution in [3.63, 3.8) is 0 Å². The molecule has 1 aliphatic rings. The van der Waals surface area contributed by atoms with Crippen molar-refractivity contribution >= 4 is 34.8 Å². The molecule has 1 amide bonds. The van der Waals surface area contributed by atoms with Gasteiger partial charge in [0.25, 0.3) is 0 Å². The number of anilines is 1. The predicted octanol–water partition coefficient (Wildman–Crippen LogP) is 4.22. The lowest BCUT2D eigenvalue weighted by Crippen LogP contribution is -2.17. The second kappa shape index (κ2) is 5.82. The first-order chi connectivity index (χ1) is 10.5. The van der Waals surface area contributed by atoms with Gasteiger partial charge in [0.1, 0.15) is 10.1 Å². The molecule has 0 aliphatic heterocycles. The number of hydrogen-bond donors (Lipinski definition) is 1. The fourth-order valence-electron chi connectivity index (χ4n) is 2.65. The lowest BCUT2D eigenvalue weighted by atomic mass is 10.1. The molecule has 0 saturated heterocycles. The Morgan fingerprint density at radius 2 is 1.86 bits per heavy atom. The molecule has 1 N–H and O–H groups in total. The summed E-state index contributed by atoms with van der Waals surface area (Å²) in [4.78, 5) is 12.5. The third-order valence-electron chi connectivity index (χ3n) is 3.83. The van der Waals surface area contributed by atoms with Crippen molar-refractivity contribution in [3.05, 3.63) is 60.2 Å². The van der Waals surface area contributed by atoms with E-state index in [4.69, 9.17) is 27.9 Å². The number of methoxy groups -OCH3 is 1. The zero-order valence-electron chi connectivity index (χ0n) is 11.9. The molecule has 0 heterocycles. The quantitative estimate of drug-likeness (QED) is 0.849. The lowest BCUT2D eigenvalue weighted by Gasteiger charge is -2.07. The molecule has 2 aromatic rings. The fourth-order valence-corrected chi connectivity index (χ4v) is 3.48. The summed E-state index contributed by atoms with van der Waals surface area (Å²) in [5.74, 6) is -0.171. The van der Waals surface area contributed by atoms with Gasteiger partial charge >= 0.3 is 0 Å². The van der Waals surface area contributed by atoms with Crippen LogP contribution in [0.15, 0.2) is 54.6 Å². The second-order valence-corrected chi connectivity index (χ2v) is 6.71. The fraction of sp³-hybridized carbons (Fsp3) is 0.235. The van der Waals surface area contributed by atoms with E-state index in [1.807, 2.05) is 42.5 Å². The topological polar surface area (TPSA) is 38.3 Å². The smallest absolute Gasteiger partial charge is 0.231 e. The first-order valence-corrected chi connectivity index (χ1v) is 7.67. The molecule has 5 heteroatoms. The monoisotopic (exact) mass is 335 g/mol. The molecule has 1 fully saturated rings. The summed E-state index contributed by atoms with van der Waals surface area (Å²) in [5.41, 5.74) is 1.63. The van der Waals surface area contributed by atoms with Crippen molar-refractivity contribution in [2.75, 3.05) is 12.4 Å². The Kier molecular flexibility index (Phi) is 4.02. The van der Waals surface area contributed by atoms with E-state index in [0.29, 0.717) is 11.4 Å². The number of rotatable bonds is 4. The van der Waals surface area contributed by atoms with Crippen LogP contribution in [0.2, 0.25) is 0 Å². The van der Waals surface area contributed by atoms with Crippen LogP contribution in [-0.4, -0.2) is 17.4 Å². The van der Waals surface area contributed by atoms with Crippen molar-refractivity contribution in [1.82, 2.24) is 0 Å². The largest absolute Gasteiger partial charge is 0.497 e. The van der Waals surface area contributed by atoms with Gasteiger partial charge in [-0.05, 0) is 17.7 Å². The Bertz CT molecular complexity index is 688. The molecule has 3 nitrogen and oxygen atoms in total. The van der Waals surface area contributed by atoms with Crippen LogP contribution >= 0.6 is 23.2 Å². The molecule has 1 aliphatic carbocycles. The van der Waals surface area contributed by atoms with Crippen LogP contribution < -0.4 is 10.1 Å². The van der Waals surface area contributed by atoms with E-state index < -0.39 is 10.3 Å². The number of halogens is 2. The number of alkyl halides is 2. The third-order valence-corrected chi connectivity index (χ3v) is 4.77. The first kappa shape index (κ1) is 15.2. The summed E-state index contributed by atoms with van der Waals surface area (Å²) in [6, 6.07) is 16.8. The summed E-state index contributed by atoms with van der Waals surface area (Å²) in [7, 11) is 1.58. The van der Waals surface area contributed by atoms with Gasteiger partial charge in [0.15, 0.2) is 0 Å². The molecular weight excluding hydrogens is 321 g/mol. The van der Waals surface area contributed by atoms with Crippen LogP contribution in [0.4, 0.5) is 5.69 Å². The Hall–Kier alpha value is -1.71. The van der Waals surface area contributed by atoms with Crippen molar-refractivity contribution in [2.45, 2.75) is 10.3 Å². The maximum Gasteiger partial charge on any atom is 0.231 e. The van der Waals surface area contributed by atoms with E-state index in [2.05, 4.69) is 5.32 Å². The highest BCUT2D eigenvalue weighted by molar-refractivity contribution is 6.53. The molecular formula is C17H15Cl2NO2. The van der Waals surface area contributed by atoms with Gasteiger partial charge in [-0.15, -0.1) is 23.2 Å². The summed E-state index contributed by atoms with van der Waals surface area (Å²) < 4.78 is 4.08. The molecule has 0 spiro atoms. The van der Waals surface area contributed by atoms with Gasteiger partial charge in [0.2, 0.25) is 5.91 Å². The molecule has 2 aromatic carbocycles. The maximum absolute atomic E-state index is 12.5. The zero-order valence-corrected chi connectivity index (χ0v) is 13.4. The highest BCUT2D eigenvalue weighted by Gasteiger charge is 2.67. The Morgan fingerprint density at radius 1 is 1.14 bits per heavy atom. The Balaban J connectivity index is 1.75. The second-order valence-electron chi connectivity index (χ2n) is 5.26. The van der Waals surface area contributed by atoms with Crippen LogP contribution in [0.5, 0.6) is 5.75 Å². The first-order valence-electron chi connectivity index (χ1n) is 6.91. The van der Waals surface area contributed by atoms with Crippen molar-refractivity contribution in [2.24, 2.45) is 5.92 Å². The minimum Gasteiger partial charge on any atom is -0.497 e. The number of ether oxygens (including phenoxy) is 1. The summed E-state index contributed by atoms with van der Waals surface area (Å²) in [6.45, 7) is 0. The van der Waals surface area contributed by atoms with E-state index in [1.54, 1.807) is 19.2 Å². The number of nitrogens with one attached hydrogen (secondary N) is 1. The van der Waals surface area contributed by atoms with Gasteiger partial charge in [-0.3, -0.25) is 4.79 Å². The van der Waals surface area contributed by atoms with Gasteiger partial charge < -0.3 is 10.1 Å². The number of carbonyl (C=O) groups is 1. The third kappa shape index (κ3) is 2.79. The standard InChI is InChI=1S/C17H15Cl2NO2/c1-22-13-9-5-8-12(10-13)20-16(21)15-14(17(15,18)19)11-6-3-2-4-7-11/h2-10,14-15H,1H3,(H,20,21)/t14-,15-/m0/s1. The van der Waals surface area contributed by atoms with Crippen LogP contribution in [0, 0.1) is 5.92 Å². The van der Waals surface area contributed by atoms with Gasteiger partial charge in [-0.2, -0.15) is 0 Å². The number of carbonyl (C=O) groups excluding carboxylic acids is 1. The normalized spacial score (nSPS) is 22.0. The minimum atomic E-state index is -1.07. The summed E-state index contributed by atoms with van der Waals surface area (Å²) >= 11 is 12.6. The molecule has 2 atom stereocenters. The lowest BCUT2D eigenvalue weighted by molar-refractivity contribution is -0.117. The molecule has 1 saturated carbocycles. The van der Waals surface area contributed by atoms with Crippen LogP contribution in [0.1, 0.15) is 11.5 Å². The molecule has 114 valence electrons. The van der Waals surface area contributed by atoms with Crippen molar-refractivity contribution in [1.29, 1.82) is 0 Å². The molecule has 0 unspecified atom stereocenters. The van der Waals surface area contributed by atoms with Gasteiger partial charge in [0.05, 0.1) is 13.0 Å². The van der Waals surface area contributed by atoms with Crippen LogP contribution in [0.3, 0.4) is 0 Å². The highest BCUT2D eigenvalue weighted by Crippen LogP contribution is 2.65. The highest BCUT2D eigenvalue weighted by atomic mass is 35.5. The molecule has 3 rings (SSSR count). The molecule has 0 radical (unpaired) electrons. The van der Waals surface area contributed by atoms with Gasteiger partial charge in [-0.25, -0.2) is 0 Å². The maximum atomic E-state index is 12.5. The SMILES string of the molecule is COc1cccc(NC(=O)[C@@H]2[C@H](c3ccccc3)C2(Cl)Cl)c1. The number of amides is 1. The summed E-state index contributed by atoms with van der Waals surface area (Å²) in [6.07, 6.45) is 0. The molecule has 0 bridgehead atoms. The van der Waals surface area contributed by atoms with E-state index in [-0.39, 0.29) is 11.8 Å². The van der Waals surface area contributed by atoms with E-state index in [9.17, 15) is 4.79 Å². The zero-order chi connectivity index (χ0) is 15.7. The average Bonchev–Trinajstić information content (AvgIpc) is 3.11. The summed E-state index contributed by atoms with van der Waals surface area (Å²) in [5, 5.41) is 2.85. The predicted molar refractivity (Wildman–Crippen MR) is 88.7 cm³/mol. The Labute approximate surface area is 139 Å². The molecule has 22 heavy (non-hydrogen) atoms. The number of hydrogen-bond acceptors (Lipinski definition) is 2. The molecule has 0 aromatic heterocycles. The van der Waals surface area contributed by atoms with Crippen molar-refractivity contribution in [3.8, 4) is 5.75 Å². The Morgan fingerprint density at radius 3 is 2.55 bits per heavy atom. The minimum absolute atomic E-state index is 0.188. The van der Waals surface area contributed by atoms with E-state index >= 15 is 0 Å². The van der Waals surface area contributed by atoms with Crippen LogP contribution in [-0.2, 0) is 4.79 Å². The van der Waals surface area contributed by atoms with Crippen LogP contribution in [0.25, 0.3) is 0 Å². The van der Waals surface area contributed by atoms with E-state index in [0.717, 1.165) is 5.56 Å². The number of benzene rings is 2. The van der Waals surface area contributed by atoms with E-state index in [1.165, 1.54) is 0 Å². The van der Waals surface area contributed by atoms with Gasteiger partial charge in [0, 0.05) is 17.7 Å². The van der Waals surface area contributed by atoms with Gasteiger partial charge in [-0.1, -0.05) is 36.4 Å².